The minimum absolute atomic E-state index is 0. The molecule has 9 heteroatoms. The maximum Gasteiger partial charge on any atom is 0.261 e. The standard InChI is InChI=1S/C20H27N5O2S.HI/c1-21-18(26)16-7-3-6-15(14-16)9-12-25-20(22-2)24-11-5-10-23-19(27)17-8-4-13-28-17;/h3-4,6-8,13-14H,5,9-12H2,1-2H3,(H,21,26)(H,23,27)(H2,22,24,25);1H. The number of guanidine groups is 1. The van der Waals surface area contributed by atoms with Crippen LogP contribution < -0.4 is 21.3 Å². The number of hydrogen-bond donors (Lipinski definition) is 4. The van der Waals surface area contributed by atoms with Crippen LogP contribution in [0.1, 0.15) is 32.0 Å². The first-order valence-electron chi connectivity index (χ1n) is 9.21. The van der Waals surface area contributed by atoms with Gasteiger partial charge in [-0.2, -0.15) is 0 Å². The highest BCUT2D eigenvalue weighted by atomic mass is 127. The minimum atomic E-state index is -0.0848. The van der Waals surface area contributed by atoms with E-state index in [1.165, 1.54) is 11.3 Å². The summed E-state index contributed by atoms with van der Waals surface area (Å²) in [4.78, 5) is 28.5. The lowest BCUT2D eigenvalue weighted by Gasteiger charge is -2.12. The SMILES string of the molecule is CN=C(NCCCNC(=O)c1cccs1)NCCc1cccc(C(=O)NC)c1.I. The maximum absolute atomic E-state index is 11.8. The monoisotopic (exact) mass is 529 g/mol. The van der Waals surface area contributed by atoms with Gasteiger partial charge in [-0.05, 0) is 42.0 Å². The lowest BCUT2D eigenvalue weighted by atomic mass is 10.1. The van der Waals surface area contributed by atoms with E-state index in [0.717, 1.165) is 23.3 Å². The molecule has 0 unspecified atom stereocenters. The third kappa shape index (κ3) is 8.82. The Labute approximate surface area is 192 Å². The molecule has 4 N–H and O–H groups in total. The molecule has 2 rings (SSSR count). The predicted octanol–water partition coefficient (Wildman–Crippen LogP) is 2.25. The van der Waals surface area contributed by atoms with Crippen LogP contribution in [0.4, 0.5) is 0 Å². The fraction of sp³-hybridized carbons (Fsp3) is 0.350. The molecule has 158 valence electrons. The largest absolute Gasteiger partial charge is 0.356 e. The summed E-state index contributed by atoms with van der Waals surface area (Å²) in [5.74, 6) is 0.599. The number of hydrogen-bond acceptors (Lipinski definition) is 4. The van der Waals surface area contributed by atoms with E-state index in [1.807, 2.05) is 35.7 Å². The Bertz CT molecular complexity index is 796. The highest BCUT2D eigenvalue weighted by Gasteiger charge is 2.05. The smallest absolute Gasteiger partial charge is 0.261 e. The third-order valence-corrected chi connectivity index (χ3v) is 4.89. The molecule has 2 aromatic rings. The van der Waals surface area contributed by atoms with Gasteiger partial charge in [-0.25, -0.2) is 0 Å². The number of aliphatic imine (C=N–C) groups is 1. The molecular formula is C20H28IN5O2S. The Kier molecular flexibility index (Phi) is 12.0. The Morgan fingerprint density at radius 3 is 2.45 bits per heavy atom. The number of thiophene rings is 1. The molecule has 2 amide bonds. The van der Waals surface area contributed by atoms with Crippen molar-refractivity contribution in [3.63, 3.8) is 0 Å². The maximum atomic E-state index is 11.8. The topological polar surface area (TPSA) is 94.6 Å². The van der Waals surface area contributed by atoms with Crippen molar-refractivity contribution in [1.29, 1.82) is 0 Å². The molecule has 7 nitrogen and oxygen atoms in total. The van der Waals surface area contributed by atoms with Crippen LogP contribution in [0.25, 0.3) is 0 Å². The van der Waals surface area contributed by atoms with Gasteiger partial charge in [0, 0.05) is 39.3 Å². The first-order valence-corrected chi connectivity index (χ1v) is 10.1. The van der Waals surface area contributed by atoms with E-state index in [4.69, 9.17) is 0 Å². The molecular weight excluding hydrogens is 501 g/mol. The van der Waals surface area contributed by atoms with Gasteiger partial charge in [0.15, 0.2) is 5.96 Å². The number of carbonyl (C=O) groups is 2. The molecule has 0 aliphatic rings. The van der Waals surface area contributed by atoms with Gasteiger partial charge >= 0.3 is 0 Å². The van der Waals surface area contributed by atoms with Gasteiger partial charge in [0.25, 0.3) is 11.8 Å². The van der Waals surface area contributed by atoms with E-state index in [9.17, 15) is 9.59 Å². The zero-order chi connectivity index (χ0) is 20.2. The summed E-state index contributed by atoms with van der Waals surface area (Å²) in [7, 11) is 3.35. The molecule has 0 radical (unpaired) electrons. The van der Waals surface area contributed by atoms with Crippen LogP contribution in [0.3, 0.4) is 0 Å². The second-order valence-corrected chi connectivity index (χ2v) is 6.99. The molecule has 0 fully saturated rings. The molecule has 0 saturated carbocycles. The molecule has 0 bridgehead atoms. The summed E-state index contributed by atoms with van der Waals surface area (Å²) >= 11 is 1.44. The number of halogens is 1. The highest BCUT2D eigenvalue weighted by Crippen LogP contribution is 2.07. The zero-order valence-electron chi connectivity index (χ0n) is 16.7. The molecule has 1 heterocycles. The lowest BCUT2D eigenvalue weighted by Crippen LogP contribution is -2.39. The lowest BCUT2D eigenvalue weighted by molar-refractivity contribution is 0.0951. The molecule has 0 atom stereocenters. The minimum Gasteiger partial charge on any atom is -0.356 e. The van der Waals surface area contributed by atoms with Gasteiger partial charge in [0.05, 0.1) is 4.88 Å². The van der Waals surface area contributed by atoms with Gasteiger partial charge in [0.1, 0.15) is 0 Å². The van der Waals surface area contributed by atoms with Crippen molar-refractivity contribution in [2.45, 2.75) is 12.8 Å². The summed E-state index contributed by atoms with van der Waals surface area (Å²) in [6.07, 6.45) is 1.58. The van der Waals surface area contributed by atoms with Crippen molar-refractivity contribution in [3.8, 4) is 0 Å². The van der Waals surface area contributed by atoms with Crippen molar-refractivity contribution in [3.05, 3.63) is 57.8 Å². The molecule has 29 heavy (non-hydrogen) atoms. The second kappa shape index (κ2) is 13.9. The number of benzene rings is 1. The van der Waals surface area contributed by atoms with Gasteiger partial charge in [-0.1, -0.05) is 18.2 Å². The zero-order valence-corrected chi connectivity index (χ0v) is 19.8. The van der Waals surface area contributed by atoms with Crippen LogP contribution >= 0.6 is 35.3 Å². The average Bonchev–Trinajstić information content (AvgIpc) is 3.26. The second-order valence-electron chi connectivity index (χ2n) is 6.04. The first kappa shape index (κ1) is 24.9. The van der Waals surface area contributed by atoms with Gasteiger partial charge < -0.3 is 21.3 Å². The van der Waals surface area contributed by atoms with E-state index in [1.54, 1.807) is 20.2 Å². The van der Waals surface area contributed by atoms with Crippen LogP contribution in [-0.2, 0) is 6.42 Å². The fourth-order valence-corrected chi connectivity index (χ4v) is 3.19. The summed E-state index contributed by atoms with van der Waals surface area (Å²) in [5.41, 5.74) is 1.74. The number of nitrogens with one attached hydrogen (secondary N) is 4. The predicted molar refractivity (Wildman–Crippen MR) is 130 cm³/mol. The Morgan fingerprint density at radius 2 is 1.76 bits per heavy atom. The van der Waals surface area contributed by atoms with Crippen molar-refractivity contribution in [2.24, 2.45) is 4.99 Å². The Morgan fingerprint density at radius 1 is 1.00 bits per heavy atom. The highest BCUT2D eigenvalue weighted by molar-refractivity contribution is 14.0. The number of nitrogens with zero attached hydrogens (tertiary/aromatic N) is 1. The molecule has 0 aliphatic carbocycles. The average molecular weight is 529 g/mol. The van der Waals surface area contributed by atoms with Crippen molar-refractivity contribution >= 4 is 53.1 Å². The molecule has 0 spiro atoms. The third-order valence-electron chi connectivity index (χ3n) is 4.02. The van der Waals surface area contributed by atoms with Gasteiger partial charge in [-0.15, -0.1) is 35.3 Å². The van der Waals surface area contributed by atoms with Crippen LogP contribution in [0.2, 0.25) is 0 Å². The van der Waals surface area contributed by atoms with E-state index in [0.29, 0.717) is 31.2 Å². The van der Waals surface area contributed by atoms with Crippen LogP contribution in [0, 0.1) is 0 Å². The van der Waals surface area contributed by atoms with E-state index >= 15 is 0 Å². The molecule has 1 aromatic heterocycles. The number of rotatable bonds is 9. The summed E-state index contributed by atoms with van der Waals surface area (Å²) in [6, 6.07) is 11.3. The first-order chi connectivity index (χ1) is 13.6. The quantitative estimate of drug-likeness (QED) is 0.174. The van der Waals surface area contributed by atoms with E-state index < -0.39 is 0 Å². The molecule has 0 aliphatic heterocycles. The van der Waals surface area contributed by atoms with E-state index in [-0.39, 0.29) is 35.8 Å². The van der Waals surface area contributed by atoms with Crippen LogP contribution in [0.15, 0.2) is 46.8 Å². The Hall–Kier alpha value is -2.14. The van der Waals surface area contributed by atoms with Crippen LogP contribution in [-0.4, -0.2) is 51.5 Å². The Balaban J connectivity index is 0.00000420. The summed E-state index contributed by atoms with van der Waals surface area (Å²) in [5, 5.41) is 13.9. The summed E-state index contributed by atoms with van der Waals surface area (Å²) in [6.45, 7) is 2.01. The molecule has 0 saturated heterocycles. The van der Waals surface area contributed by atoms with Crippen LogP contribution in [0.5, 0.6) is 0 Å². The van der Waals surface area contributed by atoms with Crippen molar-refractivity contribution < 1.29 is 9.59 Å². The van der Waals surface area contributed by atoms with E-state index in [2.05, 4.69) is 26.3 Å². The normalized spacial score (nSPS) is 10.6. The summed E-state index contributed by atoms with van der Waals surface area (Å²) < 4.78 is 0. The van der Waals surface area contributed by atoms with Gasteiger partial charge in [-0.3, -0.25) is 14.6 Å². The number of amides is 2. The molecule has 1 aromatic carbocycles. The number of carbonyl (C=O) groups excluding carboxylic acids is 2. The van der Waals surface area contributed by atoms with Crippen molar-refractivity contribution in [2.75, 3.05) is 33.7 Å². The van der Waals surface area contributed by atoms with Gasteiger partial charge in [0.2, 0.25) is 0 Å². The fourth-order valence-electron chi connectivity index (χ4n) is 2.55. The van der Waals surface area contributed by atoms with Crippen molar-refractivity contribution in [1.82, 2.24) is 21.3 Å².